The molecule has 7 atom stereocenters. The molecular weight excluding hydrogens is 666 g/mol. The molecule has 2 saturated heterocycles. The number of hydrogen-bond acceptors (Lipinski definition) is 14. The Labute approximate surface area is 286 Å². The van der Waals surface area contributed by atoms with Crippen LogP contribution in [0.5, 0.6) is 17.2 Å². The van der Waals surface area contributed by atoms with Crippen LogP contribution in [0, 0.1) is 5.92 Å². The molecule has 2 aliphatic heterocycles. The van der Waals surface area contributed by atoms with Crippen molar-refractivity contribution in [3.8, 4) is 17.2 Å². The number of methoxy groups -OCH3 is 2. The maximum atomic E-state index is 16.2. The third-order valence-electron chi connectivity index (χ3n) is 9.28. The highest BCUT2D eigenvalue weighted by Gasteiger charge is 2.58. The molecule has 6 rings (SSSR count). The molecule has 2 aromatic carbocycles. The monoisotopic (exact) mass is 705 g/mol. The number of carbonyl (C=O) groups is 4. The van der Waals surface area contributed by atoms with E-state index in [9.17, 15) is 29.4 Å². The van der Waals surface area contributed by atoms with Crippen molar-refractivity contribution in [1.82, 2.24) is 0 Å². The van der Waals surface area contributed by atoms with Gasteiger partial charge >= 0.3 is 12.1 Å². The molecule has 50 heavy (non-hydrogen) atoms. The minimum absolute atomic E-state index is 0.0510. The number of rotatable bonds is 7. The molecule has 14 nitrogen and oxygen atoms in total. The lowest BCUT2D eigenvalue weighted by Crippen LogP contribution is -2.55. The third kappa shape index (κ3) is 5.75. The second-order valence-electron chi connectivity index (χ2n) is 13.6. The third-order valence-corrected chi connectivity index (χ3v) is 9.28. The smallest absolute Gasteiger partial charge is 0.507 e. The van der Waals surface area contributed by atoms with Crippen LogP contribution in [0.3, 0.4) is 0 Å². The zero-order valence-corrected chi connectivity index (χ0v) is 28.6. The molecule has 4 aliphatic rings. The molecule has 2 N–H and O–H groups in total. The van der Waals surface area contributed by atoms with E-state index in [1.165, 1.54) is 25.3 Å². The molecule has 0 amide bonds. The fraction of sp³-hybridized carbons (Fsp3) is 0.543. The summed E-state index contributed by atoms with van der Waals surface area (Å²) in [5, 5.41) is 23.7. The zero-order valence-electron chi connectivity index (χ0n) is 28.6. The molecule has 0 aromatic heterocycles. The number of benzene rings is 2. The molecule has 2 heterocycles. The van der Waals surface area contributed by atoms with Crippen molar-refractivity contribution in [1.29, 1.82) is 0 Å². The Bertz CT molecular complexity index is 1750. The first kappa shape index (κ1) is 35.5. The molecule has 0 unspecified atom stereocenters. The van der Waals surface area contributed by atoms with E-state index in [2.05, 4.69) is 0 Å². The number of alkyl halides is 1. The number of halogens is 1. The highest BCUT2D eigenvalue weighted by molar-refractivity contribution is 6.31. The highest BCUT2D eigenvalue weighted by atomic mass is 19.1. The first-order valence-electron chi connectivity index (χ1n) is 16.2. The number of ketones is 2. The van der Waals surface area contributed by atoms with Crippen molar-refractivity contribution in [3.63, 3.8) is 0 Å². The van der Waals surface area contributed by atoms with Crippen LogP contribution >= 0.6 is 0 Å². The molecule has 2 aliphatic carbocycles. The summed E-state index contributed by atoms with van der Waals surface area (Å²) in [4.78, 5) is 54.4. The van der Waals surface area contributed by atoms with Crippen LogP contribution < -0.4 is 4.74 Å². The molecular formula is C35H39FO14. The number of fused-ring (bicyclic) bond motifs is 4. The van der Waals surface area contributed by atoms with Gasteiger partial charge in [-0.25, -0.2) is 14.0 Å². The Morgan fingerprint density at radius 1 is 1.06 bits per heavy atom. The lowest BCUT2D eigenvalue weighted by Gasteiger charge is -2.43. The van der Waals surface area contributed by atoms with Crippen LogP contribution in [0.4, 0.5) is 9.18 Å². The van der Waals surface area contributed by atoms with Crippen molar-refractivity contribution in [2.45, 2.75) is 95.7 Å². The van der Waals surface area contributed by atoms with Crippen LogP contribution in [0.1, 0.15) is 90.1 Å². The number of carbonyl (C=O) groups excluding carboxylic acids is 4. The van der Waals surface area contributed by atoms with Gasteiger partial charge in [-0.05, 0) is 32.8 Å². The van der Waals surface area contributed by atoms with Gasteiger partial charge in [0, 0.05) is 29.5 Å². The van der Waals surface area contributed by atoms with Gasteiger partial charge in [0.05, 0.1) is 49.7 Å². The largest absolute Gasteiger partial charge is 0.509 e. The quantitative estimate of drug-likeness (QED) is 0.203. The Morgan fingerprint density at radius 3 is 2.40 bits per heavy atom. The summed E-state index contributed by atoms with van der Waals surface area (Å²) in [6.07, 6.45) is -10.5. The average molecular weight is 706 g/mol. The molecule has 0 bridgehead atoms. The molecule has 0 spiro atoms. The molecule has 15 heteroatoms. The summed E-state index contributed by atoms with van der Waals surface area (Å²) in [5.41, 5.74) is -4.18. The van der Waals surface area contributed by atoms with Crippen LogP contribution in [0.25, 0.3) is 0 Å². The van der Waals surface area contributed by atoms with Crippen molar-refractivity contribution >= 4 is 23.7 Å². The van der Waals surface area contributed by atoms with Gasteiger partial charge in [-0.3, -0.25) is 9.59 Å². The fourth-order valence-corrected chi connectivity index (χ4v) is 7.12. The zero-order chi connectivity index (χ0) is 36.4. The Hall–Kier alpha value is -4.31. The number of aromatic hydroxyl groups is 2. The van der Waals surface area contributed by atoms with E-state index >= 15 is 4.39 Å². The summed E-state index contributed by atoms with van der Waals surface area (Å²) >= 11 is 0. The second-order valence-corrected chi connectivity index (χ2v) is 13.6. The van der Waals surface area contributed by atoms with E-state index in [0.717, 1.165) is 7.11 Å². The van der Waals surface area contributed by atoms with Crippen molar-refractivity contribution in [2.24, 2.45) is 5.92 Å². The summed E-state index contributed by atoms with van der Waals surface area (Å²) < 4.78 is 61.1. The molecule has 0 saturated carbocycles. The lowest BCUT2D eigenvalue weighted by atomic mass is 9.74. The molecule has 2 aromatic rings. The average Bonchev–Trinajstić information content (AvgIpc) is 3.41. The van der Waals surface area contributed by atoms with E-state index in [0.29, 0.717) is 0 Å². The van der Waals surface area contributed by atoms with Crippen molar-refractivity contribution < 1.29 is 71.7 Å². The Morgan fingerprint density at radius 2 is 1.74 bits per heavy atom. The number of esters is 1. The van der Waals surface area contributed by atoms with E-state index in [-0.39, 0.29) is 40.5 Å². The minimum atomic E-state index is -2.29. The SMILES string of the molecule is COc1cccc2c1C(=O)c1c(O)c3c(c(O)c1C2=O)C[C@@](OC(=O)OCC(C)C)([13C](=O)O[14CH3])C[C@@H]3O[C@@H]1O[C@@H](C)[C@H]2OC(C)(C)O[C@H]2[C@H]1F. The summed E-state index contributed by atoms with van der Waals surface area (Å²) in [6.45, 7) is 8.36. The minimum Gasteiger partial charge on any atom is -0.507 e. The number of phenols is 2. The lowest BCUT2D eigenvalue weighted by molar-refractivity contribution is -0.279. The van der Waals surface area contributed by atoms with Gasteiger partial charge < -0.3 is 48.1 Å². The van der Waals surface area contributed by atoms with E-state index in [4.69, 9.17) is 37.9 Å². The van der Waals surface area contributed by atoms with Gasteiger partial charge in [-0.2, -0.15) is 0 Å². The number of phenolic OH excluding ortho intramolecular Hbond substituents is 2. The van der Waals surface area contributed by atoms with Gasteiger partial charge in [0.25, 0.3) is 0 Å². The molecule has 2 fully saturated rings. The second kappa shape index (κ2) is 12.8. The van der Waals surface area contributed by atoms with Gasteiger partial charge in [0.2, 0.25) is 11.4 Å². The molecule has 270 valence electrons. The topological polar surface area (TPSA) is 183 Å². The molecule has 0 radical (unpaired) electrons. The van der Waals surface area contributed by atoms with Gasteiger partial charge in [0.15, 0.2) is 24.0 Å². The maximum absolute atomic E-state index is 16.2. The van der Waals surface area contributed by atoms with Crippen LogP contribution in [-0.4, -0.2) is 96.9 Å². The van der Waals surface area contributed by atoms with Gasteiger partial charge in [0.1, 0.15) is 29.5 Å². The van der Waals surface area contributed by atoms with Crippen molar-refractivity contribution in [2.75, 3.05) is 20.8 Å². The Kier molecular flexibility index (Phi) is 9.08. The standard InChI is InChI=1S/C35H39FO14/c1-14(2)13-45-33(42)50-35(32(41)44-7)11-17-21(19(12-35)47-31-24(36)30-29(15(3)46-31)48-34(4,5)49-30)28(40)23-22(26(17)38)25(37)16-9-8-10-18(43-6)20(16)27(23)39/h8-10,14-15,19,24,29-31,38,40H,11-13H2,1-7H3/t15-,19-,24+,29+,30-,31-,35-/m0/s1/i7+2,32+1. The van der Waals surface area contributed by atoms with Crippen molar-refractivity contribution in [3.05, 3.63) is 51.6 Å². The predicted octanol–water partition coefficient (Wildman–Crippen LogP) is 4.21. The van der Waals surface area contributed by atoms with Crippen LogP contribution in [0.2, 0.25) is 0 Å². The normalized spacial score (nSPS) is 29.4. The Balaban J connectivity index is 1.50. The summed E-state index contributed by atoms with van der Waals surface area (Å²) in [5.74, 6) is -5.51. The number of hydrogen-bond donors (Lipinski definition) is 2. The summed E-state index contributed by atoms with van der Waals surface area (Å²) in [7, 11) is 2.34. The van der Waals surface area contributed by atoms with Gasteiger partial charge in [-0.15, -0.1) is 0 Å². The van der Waals surface area contributed by atoms with E-state index < -0.39 is 107 Å². The predicted molar refractivity (Wildman–Crippen MR) is 167 cm³/mol. The van der Waals surface area contributed by atoms with Crippen LogP contribution in [-0.2, 0) is 44.4 Å². The fourth-order valence-electron chi connectivity index (χ4n) is 7.12. The van der Waals surface area contributed by atoms with Gasteiger partial charge in [-0.1, -0.05) is 26.0 Å². The number of ether oxygens (including phenoxy) is 8. The highest BCUT2D eigenvalue weighted by Crippen LogP contribution is 2.54. The first-order chi connectivity index (χ1) is 23.5. The first-order valence-corrected chi connectivity index (χ1v) is 16.2. The van der Waals surface area contributed by atoms with E-state index in [1.54, 1.807) is 34.6 Å². The van der Waals surface area contributed by atoms with Crippen LogP contribution in [0.15, 0.2) is 18.2 Å². The maximum Gasteiger partial charge on any atom is 0.509 e. The summed E-state index contributed by atoms with van der Waals surface area (Å²) in [6, 6.07) is 4.31. The van der Waals surface area contributed by atoms with E-state index in [1.807, 2.05) is 0 Å².